The van der Waals surface area contributed by atoms with Crippen LogP contribution < -0.4 is 15.4 Å². The van der Waals surface area contributed by atoms with Gasteiger partial charge in [-0.1, -0.05) is 0 Å². The fourth-order valence-corrected chi connectivity index (χ4v) is 9.68. The number of methoxy groups -OCH3 is 1. The van der Waals surface area contributed by atoms with Crippen LogP contribution in [0.15, 0.2) is 6.20 Å². The highest BCUT2D eigenvalue weighted by Gasteiger charge is 2.48. The van der Waals surface area contributed by atoms with Gasteiger partial charge in [-0.15, -0.1) is 11.3 Å². The van der Waals surface area contributed by atoms with Crippen molar-refractivity contribution in [2.45, 2.75) is 70.1 Å². The van der Waals surface area contributed by atoms with Crippen LogP contribution in [0.5, 0.6) is 6.01 Å². The molecule has 4 aromatic rings. The number of aliphatic hydroxyl groups is 1. The molecule has 9 rings (SSSR count). The van der Waals surface area contributed by atoms with Crippen LogP contribution >= 0.6 is 11.3 Å². The Kier molecular flexibility index (Phi) is 8.06. The number of benzene rings is 1. The van der Waals surface area contributed by atoms with E-state index in [1.807, 2.05) is 0 Å². The lowest BCUT2D eigenvalue weighted by atomic mass is 9.93. The largest absolute Gasteiger partial charge is 0.463 e. The molecule has 12 nitrogen and oxygen atoms in total. The first kappa shape index (κ1) is 33.1. The third kappa shape index (κ3) is 5.50. The van der Waals surface area contributed by atoms with E-state index >= 15 is 8.78 Å². The number of nitrogens with two attached hydrogens (primary N) is 1. The van der Waals surface area contributed by atoms with Gasteiger partial charge in [0.25, 0.3) is 0 Å². The highest BCUT2D eigenvalue weighted by Crippen LogP contribution is 2.50. The molecule has 1 aromatic carbocycles. The SMILES string of the molecule is COC1CN(CC2(COc3nc(N4C5CCC4CN(C[C@@H](C)O)C5)c4c5c(c(-c6ncc(F)c7sc(N)c(C#N)c67)c(F)c4n3)COC5)CC2)C1. The number of aromatic nitrogens is 3. The number of piperazine rings is 1. The molecule has 51 heavy (non-hydrogen) atoms. The number of ether oxygens (including phenoxy) is 3. The molecule has 3 atom stereocenters. The molecular weight excluding hydrogens is 679 g/mol. The molecule has 5 aliphatic rings. The van der Waals surface area contributed by atoms with E-state index in [9.17, 15) is 10.4 Å². The van der Waals surface area contributed by atoms with Gasteiger partial charge in [0.1, 0.15) is 22.4 Å². The third-order valence-electron chi connectivity index (χ3n) is 11.4. The van der Waals surface area contributed by atoms with Gasteiger partial charge in [-0.2, -0.15) is 15.2 Å². The van der Waals surface area contributed by atoms with Crippen LogP contribution in [-0.2, 0) is 22.7 Å². The molecule has 0 spiro atoms. The second-order valence-corrected chi connectivity index (χ2v) is 16.1. The van der Waals surface area contributed by atoms with Crippen LogP contribution in [0.4, 0.5) is 19.6 Å². The van der Waals surface area contributed by atoms with Crippen molar-refractivity contribution in [1.29, 1.82) is 5.26 Å². The van der Waals surface area contributed by atoms with E-state index in [4.69, 9.17) is 29.9 Å². The summed E-state index contributed by atoms with van der Waals surface area (Å²) in [6, 6.07) is 2.40. The van der Waals surface area contributed by atoms with Gasteiger partial charge in [-0.25, -0.2) is 8.78 Å². The Morgan fingerprint density at radius 2 is 1.86 bits per heavy atom. The minimum absolute atomic E-state index is 0.0193. The molecular formula is C36H40F2N8O4S. The van der Waals surface area contributed by atoms with Crippen molar-refractivity contribution in [3.05, 3.63) is 34.5 Å². The maximum absolute atomic E-state index is 17.5. The summed E-state index contributed by atoms with van der Waals surface area (Å²) in [6.45, 7) is 7.29. The number of nitrogens with zero attached hydrogens (tertiary/aromatic N) is 7. The molecule has 2 bridgehead atoms. The van der Waals surface area contributed by atoms with Gasteiger partial charge >= 0.3 is 6.01 Å². The number of aliphatic hydroxyl groups excluding tert-OH is 1. The van der Waals surface area contributed by atoms with Crippen molar-refractivity contribution in [2.75, 3.05) is 63.6 Å². The Bertz CT molecular complexity index is 2080. The van der Waals surface area contributed by atoms with Gasteiger partial charge in [0.05, 0.1) is 59.6 Å². The normalized spacial score (nSPS) is 23.5. The highest BCUT2D eigenvalue weighted by atomic mass is 32.1. The Morgan fingerprint density at radius 1 is 1.12 bits per heavy atom. The number of pyridine rings is 1. The zero-order valence-corrected chi connectivity index (χ0v) is 29.4. The standard InChI is InChI=1S/C36H40F2N8O4S/c1-18(47)9-44-10-19-3-4-20(11-44)46(19)34-28-24-15-49-14-23(24)26(30-27-22(7-39)33(40)51-32(27)25(37)8-41-30)29(38)31(28)42-35(43-34)50-17-36(5-6-36)16-45-12-21(13-45)48-2/h8,18-21,47H,3-6,9-17,40H2,1-2H3/t18-,19?,20?/m1/s1. The molecule has 1 saturated carbocycles. The maximum Gasteiger partial charge on any atom is 0.319 e. The number of anilines is 2. The average Bonchev–Trinajstić information content (AvgIpc) is 3.37. The second kappa shape index (κ2) is 12.4. The molecule has 268 valence electrons. The summed E-state index contributed by atoms with van der Waals surface area (Å²) >= 11 is 0.946. The van der Waals surface area contributed by atoms with Gasteiger partial charge < -0.3 is 30.0 Å². The van der Waals surface area contributed by atoms with Gasteiger partial charge in [-0.3, -0.25) is 14.8 Å². The summed E-state index contributed by atoms with van der Waals surface area (Å²) in [7, 11) is 1.74. The molecule has 0 radical (unpaired) electrons. The topological polar surface area (TPSA) is 146 Å². The monoisotopic (exact) mass is 718 g/mol. The van der Waals surface area contributed by atoms with Crippen LogP contribution in [0.25, 0.3) is 32.2 Å². The fourth-order valence-electron chi connectivity index (χ4n) is 8.75. The minimum Gasteiger partial charge on any atom is -0.463 e. The van der Waals surface area contributed by atoms with Gasteiger partial charge in [-0.05, 0) is 43.7 Å². The maximum atomic E-state index is 17.5. The number of rotatable bonds is 10. The number of β-amino-alcohol motifs (C(OH)–C–C–N with tert-alkyl or cyclic N) is 1. The first-order chi connectivity index (χ1) is 24.7. The molecule has 1 aliphatic carbocycles. The van der Waals surface area contributed by atoms with E-state index in [0.717, 1.165) is 81.5 Å². The number of thiophene rings is 1. The minimum atomic E-state index is -0.649. The molecule has 4 fully saturated rings. The number of nitriles is 1. The number of halogens is 2. The van der Waals surface area contributed by atoms with E-state index in [-0.39, 0.29) is 80.3 Å². The summed E-state index contributed by atoms with van der Waals surface area (Å²) in [5, 5.41) is 21.1. The molecule has 3 aromatic heterocycles. The van der Waals surface area contributed by atoms with E-state index < -0.39 is 17.7 Å². The van der Waals surface area contributed by atoms with Crippen molar-refractivity contribution in [2.24, 2.45) is 5.41 Å². The van der Waals surface area contributed by atoms with Gasteiger partial charge in [0.2, 0.25) is 0 Å². The zero-order valence-electron chi connectivity index (χ0n) is 28.6. The number of nitrogen functional groups attached to an aromatic ring is 1. The lowest BCUT2D eigenvalue weighted by Crippen LogP contribution is -2.55. The lowest BCUT2D eigenvalue weighted by molar-refractivity contribution is -0.0410. The molecule has 2 unspecified atom stereocenters. The molecule has 7 heterocycles. The van der Waals surface area contributed by atoms with Crippen LogP contribution in [-0.4, -0.2) is 107 Å². The van der Waals surface area contributed by atoms with E-state index in [0.29, 0.717) is 29.9 Å². The smallest absolute Gasteiger partial charge is 0.319 e. The number of likely N-dealkylation sites (tertiary alicyclic amines) is 2. The van der Waals surface area contributed by atoms with E-state index in [1.54, 1.807) is 14.0 Å². The summed E-state index contributed by atoms with van der Waals surface area (Å²) in [5.41, 5.74) is 7.86. The Balaban J connectivity index is 1.18. The molecule has 15 heteroatoms. The second-order valence-electron chi connectivity index (χ2n) is 15.0. The van der Waals surface area contributed by atoms with E-state index in [2.05, 4.69) is 25.8 Å². The van der Waals surface area contributed by atoms with Crippen molar-refractivity contribution in [1.82, 2.24) is 24.8 Å². The predicted molar refractivity (Wildman–Crippen MR) is 187 cm³/mol. The van der Waals surface area contributed by atoms with Crippen LogP contribution in [0.3, 0.4) is 0 Å². The summed E-state index contributed by atoms with van der Waals surface area (Å²) in [6.07, 6.45) is 4.80. The number of fused-ring (bicyclic) bond motifs is 6. The number of hydrogen-bond acceptors (Lipinski definition) is 13. The van der Waals surface area contributed by atoms with Crippen LogP contribution in [0, 0.1) is 28.4 Å². The molecule has 3 saturated heterocycles. The summed E-state index contributed by atoms with van der Waals surface area (Å²) in [4.78, 5) is 21.2. The molecule has 0 amide bonds. The molecule has 3 N–H and O–H groups in total. The Hall–Kier alpha value is -3.78. The number of hydrogen-bond donors (Lipinski definition) is 2. The Morgan fingerprint density at radius 3 is 2.55 bits per heavy atom. The van der Waals surface area contributed by atoms with Crippen molar-refractivity contribution >= 4 is 43.1 Å². The van der Waals surface area contributed by atoms with Crippen molar-refractivity contribution in [3.63, 3.8) is 0 Å². The third-order valence-corrected chi connectivity index (χ3v) is 12.4. The zero-order chi connectivity index (χ0) is 35.2. The highest BCUT2D eigenvalue weighted by molar-refractivity contribution is 7.23. The van der Waals surface area contributed by atoms with Crippen molar-refractivity contribution in [3.8, 4) is 23.3 Å². The Labute approximate surface area is 297 Å². The quantitative estimate of drug-likeness (QED) is 0.243. The van der Waals surface area contributed by atoms with Crippen LogP contribution in [0.2, 0.25) is 0 Å². The average molecular weight is 719 g/mol. The first-order valence-electron chi connectivity index (χ1n) is 17.6. The summed E-state index contributed by atoms with van der Waals surface area (Å²) < 4.78 is 50.6. The lowest BCUT2D eigenvalue weighted by Gasteiger charge is -2.42. The van der Waals surface area contributed by atoms with Gasteiger partial charge in [0.15, 0.2) is 11.6 Å². The van der Waals surface area contributed by atoms with Crippen LogP contribution in [0.1, 0.15) is 49.3 Å². The van der Waals surface area contributed by atoms with Gasteiger partial charge in [0, 0.05) is 74.8 Å². The predicted octanol–water partition coefficient (Wildman–Crippen LogP) is 4.19. The molecule has 4 aliphatic heterocycles. The fraction of sp³-hybridized carbons (Fsp3) is 0.556. The summed E-state index contributed by atoms with van der Waals surface area (Å²) in [5.74, 6) is -0.655. The first-order valence-corrected chi connectivity index (χ1v) is 18.4. The van der Waals surface area contributed by atoms with Crippen molar-refractivity contribution < 1.29 is 28.1 Å². The van der Waals surface area contributed by atoms with E-state index in [1.165, 1.54) is 0 Å².